The van der Waals surface area contributed by atoms with Crippen molar-refractivity contribution in [1.29, 1.82) is 0 Å². The van der Waals surface area contributed by atoms with Crippen molar-refractivity contribution in [2.24, 2.45) is 4.99 Å². The van der Waals surface area contributed by atoms with Gasteiger partial charge in [-0.2, -0.15) is 0 Å². The molecule has 3 aromatic rings. The quantitative estimate of drug-likeness (QED) is 0.665. The maximum atomic E-state index is 13.1. The maximum Gasteiger partial charge on any atom is 0.321 e. The average molecular weight is 419 g/mol. The molecule has 30 heavy (non-hydrogen) atoms. The minimum atomic E-state index is -1.10. The second-order valence-corrected chi connectivity index (χ2v) is 7.15. The smallest absolute Gasteiger partial charge is 0.311 e. The monoisotopic (exact) mass is 418 g/mol. The van der Waals surface area contributed by atoms with Gasteiger partial charge in [-0.25, -0.2) is 9.79 Å². The summed E-state index contributed by atoms with van der Waals surface area (Å²) in [5, 5.41) is 5.73. The molecule has 0 radical (unpaired) electrons. The van der Waals surface area contributed by atoms with E-state index in [0.717, 1.165) is 16.8 Å². The van der Waals surface area contributed by atoms with Gasteiger partial charge in [0.25, 0.3) is 5.91 Å². The largest absolute Gasteiger partial charge is 0.321 e. The van der Waals surface area contributed by atoms with Gasteiger partial charge in [0, 0.05) is 18.2 Å². The first kappa shape index (κ1) is 19.7. The summed E-state index contributed by atoms with van der Waals surface area (Å²) in [7, 11) is 1.67. The Kier molecular flexibility index (Phi) is 5.50. The fourth-order valence-electron chi connectivity index (χ4n) is 3.29. The molecule has 3 aromatic carbocycles. The lowest BCUT2D eigenvalue weighted by molar-refractivity contribution is -0.119. The number of fused-ring (bicyclic) bond motifs is 1. The summed E-state index contributed by atoms with van der Waals surface area (Å²) in [6.45, 7) is 0. The molecule has 1 heterocycles. The van der Waals surface area contributed by atoms with E-state index in [9.17, 15) is 9.59 Å². The van der Waals surface area contributed by atoms with Crippen molar-refractivity contribution < 1.29 is 9.59 Å². The third-order valence-electron chi connectivity index (χ3n) is 4.78. The number of hydrogen-bond donors (Lipinski definition) is 2. The number of amides is 3. The Balaban J connectivity index is 1.70. The number of nitrogens with zero attached hydrogens (tertiary/aromatic N) is 2. The molecule has 7 heteroatoms. The van der Waals surface area contributed by atoms with Gasteiger partial charge in [0.2, 0.25) is 6.17 Å². The molecule has 6 nitrogen and oxygen atoms in total. The van der Waals surface area contributed by atoms with Crippen LogP contribution in [0.5, 0.6) is 0 Å². The van der Waals surface area contributed by atoms with Gasteiger partial charge >= 0.3 is 6.03 Å². The summed E-state index contributed by atoms with van der Waals surface area (Å²) < 4.78 is 0. The first-order valence-electron chi connectivity index (χ1n) is 9.37. The van der Waals surface area contributed by atoms with Gasteiger partial charge in [0.1, 0.15) is 0 Å². The zero-order valence-corrected chi connectivity index (χ0v) is 16.9. The fraction of sp³-hybridized carbons (Fsp3) is 0.0870. The number of nitrogens with one attached hydrogen (secondary N) is 2. The standard InChI is InChI=1S/C23H19ClN4O2/c1-28-19-14-8-5-11-16(19)20(15-9-3-2-4-10-15)26-21(22(28)29)27-23(30)25-18-13-7-6-12-17(18)24/h2-14,21H,1H3,(H2,25,27,30)/t21-/m0/s1. The number of hydrogen-bond acceptors (Lipinski definition) is 3. The number of likely N-dealkylation sites (N-methyl/N-ethyl adjacent to an activating group) is 1. The van der Waals surface area contributed by atoms with Crippen molar-refractivity contribution in [3.05, 3.63) is 95.0 Å². The highest BCUT2D eigenvalue weighted by atomic mass is 35.5. The van der Waals surface area contributed by atoms with E-state index in [1.54, 1.807) is 31.3 Å². The molecular formula is C23H19ClN4O2. The van der Waals surface area contributed by atoms with Crippen LogP contribution in [-0.2, 0) is 4.79 Å². The van der Waals surface area contributed by atoms with Crippen molar-refractivity contribution in [2.75, 3.05) is 17.3 Å². The summed E-state index contributed by atoms with van der Waals surface area (Å²) in [5.41, 5.74) is 3.47. The van der Waals surface area contributed by atoms with E-state index in [4.69, 9.17) is 11.6 Å². The van der Waals surface area contributed by atoms with Crippen LogP contribution in [0.3, 0.4) is 0 Å². The Morgan fingerprint density at radius 3 is 2.40 bits per heavy atom. The molecule has 0 saturated heterocycles. The average Bonchev–Trinajstić information content (AvgIpc) is 2.87. The summed E-state index contributed by atoms with van der Waals surface area (Å²) >= 11 is 6.11. The van der Waals surface area contributed by atoms with Crippen molar-refractivity contribution in [2.45, 2.75) is 6.17 Å². The Morgan fingerprint density at radius 2 is 1.63 bits per heavy atom. The molecule has 0 aliphatic carbocycles. The first-order valence-corrected chi connectivity index (χ1v) is 9.74. The van der Waals surface area contributed by atoms with Gasteiger partial charge in [0.15, 0.2) is 0 Å². The number of para-hydroxylation sites is 2. The topological polar surface area (TPSA) is 73.8 Å². The van der Waals surface area contributed by atoms with Gasteiger partial charge < -0.3 is 15.5 Å². The molecule has 0 spiro atoms. The number of benzene rings is 3. The summed E-state index contributed by atoms with van der Waals surface area (Å²) in [4.78, 5) is 31.8. The highest BCUT2D eigenvalue weighted by Crippen LogP contribution is 2.27. The van der Waals surface area contributed by atoms with Gasteiger partial charge in [-0.1, -0.05) is 72.3 Å². The Hall–Kier alpha value is -3.64. The van der Waals surface area contributed by atoms with Crippen molar-refractivity contribution >= 4 is 40.6 Å². The minimum Gasteiger partial charge on any atom is -0.311 e. The molecule has 0 aromatic heterocycles. The number of urea groups is 1. The van der Waals surface area contributed by atoms with Crippen LogP contribution in [-0.4, -0.2) is 30.9 Å². The van der Waals surface area contributed by atoms with Crippen LogP contribution in [0.25, 0.3) is 0 Å². The zero-order chi connectivity index (χ0) is 21.1. The lowest BCUT2D eigenvalue weighted by atomic mass is 10.0. The fourth-order valence-corrected chi connectivity index (χ4v) is 3.47. The predicted octanol–water partition coefficient (Wildman–Crippen LogP) is 4.30. The predicted molar refractivity (Wildman–Crippen MR) is 119 cm³/mol. The summed E-state index contributed by atoms with van der Waals surface area (Å²) in [6.07, 6.45) is -1.10. The number of rotatable bonds is 3. The van der Waals surface area contributed by atoms with Gasteiger partial charge in [-0.3, -0.25) is 4.79 Å². The highest BCUT2D eigenvalue weighted by Gasteiger charge is 2.31. The number of carbonyl (C=O) groups excluding carboxylic acids is 2. The van der Waals surface area contributed by atoms with E-state index in [1.807, 2.05) is 54.6 Å². The molecule has 1 aliphatic rings. The Morgan fingerprint density at radius 1 is 0.967 bits per heavy atom. The molecule has 0 fully saturated rings. The zero-order valence-electron chi connectivity index (χ0n) is 16.2. The lowest BCUT2D eigenvalue weighted by Gasteiger charge is -2.21. The number of aliphatic imine (C=N–C) groups is 1. The Bertz CT molecular complexity index is 1130. The van der Waals surface area contributed by atoms with Crippen LogP contribution in [0.4, 0.5) is 16.2 Å². The summed E-state index contributed by atoms with van der Waals surface area (Å²) in [5.74, 6) is -0.345. The van der Waals surface area contributed by atoms with Crippen LogP contribution in [0.2, 0.25) is 5.02 Å². The molecule has 3 amide bonds. The molecule has 0 bridgehead atoms. The molecule has 2 N–H and O–H groups in total. The van der Waals surface area contributed by atoms with Crippen molar-refractivity contribution in [3.8, 4) is 0 Å². The lowest BCUT2D eigenvalue weighted by Crippen LogP contribution is -2.47. The van der Waals surface area contributed by atoms with Crippen LogP contribution in [0.1, 0.15) is 11.1 Å². The molecule has 0 saturated carbocycles. The van der Waals surface area contributed by atoms with E-state index in [-0.39, 0.29) is 5.91 Å². The summed E-state index contributed by atoms with van der Waals surface area (Å²) in [6, 6.07) is 23.4. The second kappa shape index (κ2) is 8.39. The molecular weight excluding hydrogens is 400 g/mol. The van der Waals surface area contributed by atoms with Crippen LogP contribution >= 0.6 is 11.6 Å². The van der Waals surface area contributed by atoms with Crippen LogP contribution < -0.4 is 15.5 Å². The molecule has 4 rings (SSSR count). The van der Waals surface area contributed by atoms with Gasteiger partial charge in [0.05, 0.1) is 22.1 Å². The van der Waals surface area contributed by atoms with E-state index >= 15 is 0 Å². The molecule has 1 aliphatic heterocycles. The molecule has 150 valence electrons. The Labute approximate surface area is 179 Å². The maximum absolute atomic E-state index is 13.1. The number of halogens is 1. The van der Waals surface area contributed by atoms with Gasteiger partial charge in [-0.05, 0) is 18.2 Å². The minimum absolute atomic E-state index is 0.345. The highest BCUT2D eigenvalue weighted by molar-refractivity contribution is 6.33. The number of benzodiazepines with no additional fused rings is 1. The van der Waals surface area contributed by atoms with E-state index in [0.29, 0.717) is 16.4 Å². The van der Waals surface area contributed by atoms with E-state index in [1.165, 1.54) is 4.90 Å². The first-order chi connectivity index (χ1) is 14.5. The third kappa shape index (κ3) is 3.90. The van der Waals surface area contributed by atoms with Crippen LogP contribution in [0.15, 0.2) is 83.9 Å². The van der Waals surface area contributed by atoms with Crippen molar-refractivity contribution in [1.82, 2.24) is 5.32 Å². The van der Waals surface area contributed by atoms with Gasteiger partial charge in [-0.15, -0.1) is 0 Å². The van der Waals surface area contributed by atoms with E-state index < -0.39 is 12.2 Å². The SMILES string of the molecule is CN1C(=O)[C@H](NC(=O)Nc2ccccc2Cl)N=C(c2ccccc2)c2ccccc21. The number of anilines is 2. The molecule has 1 atom stereocenters. The third-order valence-corrected chi connectivity index (χ3v) is 5.11. The second-order valence-electron chi connectivity index (χ2n) is 6.74. The number of carbonyl (C=O) groups is 2. The molecule has 0 unspecified atom stereocenters. The normalized spacial score (nSPS) is 15.7. The van der Waals surface area contributed by atoms with Crippen molar-refractivity contribution in [3.63, 3.8) is 0 Å². The van der Waals surface area contributed by atoms with E-state index in [2.05, 4.69) is 15.6 Å². The van der Waals surface area contributed by atoms with Crippen LogP contribution in [0, 0.1) is 0 Å².